The van der Waals surface area contributed by atoms with Crippen molar-refractivity contribution in [3.05, 3.63) is 29.8 Å². The van der Waals surface area contributed by atoms with Gasteiger partial charge in [-0.1, -0.05) is 19.1 Å². The van der Waals surface area contributed by atoms with Gasteiger partial charge < -0.3 is 20.3 Å². The van der Waals surface area contributed by atoms with E-state index < -0.39 is 0 Å². The first-order chi connectivity index (χ1) is 12.3. The van der Waals surface area contributed by atoms with Crippen LogP contribution in [0, 0.1) is 0 Å². The molecule has 0 atom stereocenters. The molecular formula is C20H36N4O. The minimum Gasteiger partial charge on any atom is -0.494 e. The summed E-state index contributed by atoms with van der Waals surface area (Å²) in [5, 5.41) is 6.73. The van der Waals surface area contributed by atoms with Crippen LogP contribution in [0.1, 0.15) is 31.7 Å². The van der Waals surface area contributed by atoms with Crippen molar-refractivity contribution < 1.29 is 4.74 Å². The molecule has 1 fully saturated rings. The number of hydrogen-bond donors (Lipinski definition) is 2. The monoisotopic (exact) mass is 348 g/mol. The van der Waals surface area contributed by atoms with E-state index in [1.165, 1.54) is 38.0 Å². The standard InChI is InChI=1S/C20H36N4O/c1-3-23(18-21-2)14-6-16-25-20-9-7-19(8-10-20)17-22-11-15-24-12-4-5-13-24/h7-10,21-22H,3-6,11-18H2,1-2H3. The molecule has 1 aliphatic rings. The molecule has 1 heterocycles. The molecule has 0 bridgehead atoms. The van der Waals surface area contributed by atoms with Crippen LogP contribution in [0.5, 0.6) is 5.75 Å². The fraction of sp³-hybridized carbons (Fsp3) is 0.700. The van der Waals surface area contributed by atoms with Gasteiger partial charge in [0, 0.05) is 32.8 Å². The second-order valence-corrected chi connectivity index (χ2v) is 6.79. The fourth-order valence-electron chi connectivity index (χ4n) is 3.23. The highest BCUT2D eigenvalue weighted by Crippen LogP contribution is 2.12. The summed E-state index contributed by atoms with van der Waals surface area (Å²) in [5.41, 5.74) is 1.32. The molecule has 1 aromatic carbocycles. The van der Waals surface area contributed by atoms with Crippen molar-refractivity contribution in [1.29, 1.82) is 0 Å². The summed E-state index contributed by atoms with van der Waals surface area (Å²) >= 11 is 0. The Labute approximate surface area is 153 Å². The molecule has 2 N–H and O–H groups in total. The smallest absolute Gasteiger partial charge is 0.119 e. The second-order valence-electron chi connectivity index (χ2n) is 6.79. The number of ether oxygens (including phenoxy) is 1. The molecule has 0 aromatic heterocycles. The lowest BCUT2D eigenvalue weighted by Crippen LogP contribution is -2.33. The lowest BCUT2D eigenvalue weighted by atomic mass is 10.2. The maximum Gasteiger partial charge on any atom is 0.119 e. The predicted molar refractivity (Wildman–Crippen MR) is 105 cm³/mol. The van der Waals surface area contributed by atoms with Crippen molar-refractivity contribution >= 4 is 0 Å². The first-order valence-electron chi connectivity index (χ1n) is 9.83. The van der Waals surface area contributed by atoms with Crippen molar-refractivity contribution in [2.45, 2.75) is 32.7 Å². The largest absolute Gasteiger partial charge is 0.494 e. The van der Waals surface area contributed by atoms with Crippen LogP contribution >= 0.6 is 0 Å². The van der Waals surface area contributed by atoms with Gasteiger partial charge in [0.15, 0.2) is 0 Å². The summed E-state index contributed by atoms with van der Waals surface area (Å²) in [5.74, 6) is 0.970. The number of hydrogen-bond acceptors (Lipinski definition) is 5. The summed E-state index contributed by atoms with van der Waals surface area (Å²) in [6.07, 6.45) is 3.79. The quantitative estimate of drug-likeness (QED) is 0.422. The van der Waals surface area contributed by atoms with Gasteiger partial charge in [0.1, 0.15) is 5.75 Å². The molecule has 0 saturated carbocycles. The first kappa shape index (κ1) is 20.2. The summed E-state index contributed by atoms with van der Waals surface area (Å²) in [6.45, 7) is 11.8. The fourth-order valence-corrected chi connectivity index (χ4v) is 3.23. The van der Waals surface area contributed by atoms with Crippen LogP contribution < -0.4 is 15.4 Å². The third kappa shape index (κ3) is 8.19. The van der Waals surface area contributed by atoms with Gasteiger partial charge in [-0.15, -0.1) is 0 Å². The highest BCUT2D eigenvalue weighted by molar-refractivity contribution is 5.27. The average Bonchev–Trinajstić information content (AvgIpc) is 3.16. The Morgan fingerprint density at radius 3 is 2.60 bits per heavy atom. The van der Waals surface area contributed by atoms with Crippen molar-refractivity contribution in [2.24, 2.45) is 0 Å². The molecular weight excluding hydrogens is 312 g/mol. The Kier molecular flexibility index (Phi) is 9.89. The van der Waals surface area contributed by atoms with Gasteiger partial charge in [0.25, 0.3) is 0 Å². The molecule has 25 heavy (non-hydrogen) atoms. The molecule has 0 radical (unpaired) electrons. The van der Waals surface area contributed by atoms with Crippen LogP contribution in [0.4, 0.5) is 0 Å². The third-order valence-corrected chi connectivity index (χ3v) is 4.77. The average molecular weight is 349 g/mol. The molecule has 0 unspecified atom stereocenters. The van der Waals surface area contributed by atoms with Crippen LogP contribution in [-0.4, -0.2) is 69.4 Å². The van der Waals surface area contributed by atoms with Gasteiger partial charge in [-0.25, -0.2) is 0 Å². The van der Waals surface area contributed by atoms with E-state index in [0.29, 0.717) is 0 Å². The minimum atomic E-state index is 0.771. The summed E-state index contributed by atoms with van der Waals surface area (Å²) in [4.78, 5) is 4.92. The second kappa shape index (κ2) is 12.3. The van der Waals surface area contributed by atoms with Crippen LogP contribution in [0.15, 0.2) is 24.3 Å². The molecule has 0 aliphatic carbocycles. The lowest BCUT2D eigenvalue weighted by molar-refractivity contribution is 0.234. The van der Waals surface area contributed by atoms with E-state index >= 15 is 0 Å². The molecule has 1 saturated heterocycles. The van der Waals surface area contributed by atoms with Gasteiger partial charge >= 0.3 is 0 Å². The van der Waals surface area contributed by atoms with Crippen molar-refractivity contribution in [2.75, 3.05) is 59.6 Å². The summed E-state index contributed by atoms with van der Waals surface area (Å²) < 4.78 is 5.85. The SMILES string of the molecule is CCN(CCCOc1ccc(CNCCN2CCCC2)cc1)CNC. The Hall–Kier alpha value is -1.14. The third-order valence-electron chi connectivity index (χ3n) is 4.77. The highest BCUT2D eigenvalue weighted by atomic mass is 16.5. The zero-order chi connectivity index (χ0) is 17.7. The van der Waals surface area contributed by atoms with Gasteiger partial charge in [0.2, 0.25) is 0 Å². The van der Waals surface area contributed by atoms with Gasteiger partial charge in [-0.3, -0.25) is 4.90 Å². The Bertz CT molecular complexity index is 446. The number of nitrogens with zero attached hydrogens (tertiary/aromatic N) is 2. The van der Waals surface area contributed by atoms with Crippen molar-refractivity contribution in [1.82, 2.24) is 20.4 Å². The predicted octanol–water partition coefficient (Wildman–Crippen LogP) is 2.14. The zero-order valence-electron chi connectivity index (χ0n) is 16.1. The zero-order valence-corrected chi connectivity index (χ0v) is 16.1. The van der Waals surface area contributed by atoms with E-state index in [9.17, 15) is 0 Å². The normalized spacial score (nSPS) is 15.2. The van der Waals surface area contributed by atoms with E-state index in [0.717, 1.165) is 51.6 Å². The van der Waals surface area contributed by atoms with Crippen LogP contribution in [0.3, 0.4) is 0 Å². The Balaban J connectivity index is 1.56. The van der Waals surface area contributed by atoms with E-state index in [1.807, 2.05) is 7.05 Å². The van der Waals surface area contributed by atoms with Crippen LogP contribution in [0.2, 0.25) is 0 Å². The van der Waals surface area contributed by atoms with Gasteiger partial charge in [0.05, 0.1) is 6.61 Å². The van der Waals surface area contributed by atoms with E-state index in [-0.39, 0.29) is 0 Å². The van der Waals surface area contributed by atoms with E-state index in [2.05, 4.69) is 51.6 Å². The van der Waals surface area contributed by atoms with Gasteiger partial charge in [-0.2, -0.15) is 0 Å². The molecule has 142 valence electrons. The molecule has 0 amide bonds. The summed E-state index contributed by atoms with van der Waals surface area (Å²) in [6, 6.07) is 8.50. The highest BCUT2D eigenvalue weighted by Gasteiger charge is 2.09. The van der Waals surface area contributed by atoms with Crippen LogP contribution in [0.25, 0.3) is 0 Å². The molecule has 5 nitrogen and oxygen atoms in total. The summed E-state index contributed by atoms with van der Waals surface area (Å²) in [7, 11) is 1.99. The van der Waals surface area contributed by atoms with Crippen molar-refractivity contribution in [3.8, 4) is 5.75 Å². The maximum atomic E-state index is 5.85. The Morgan fingerprint density at radius 2 is 1.92 bits per heavy atom. The number of benzene rings is 1. The first-order valence-corrected chi connectivity index (χ1v) is 9.83. The van der Waals surface area contributed by atoms with Crippen molar-refractivity contribution in [3.63, 3.8) is 0 Å². The minimum absolute atomic E-state index is 0.771. The number of rotatable bonds is 13. The van der Waals surface area contributed by atoms with E-state index in [4.69, 9.17) is 4.74 Å². The molecule has 1 aliphatic heterocycles. The number of likely N-dealkylation sites (tertiary alicyclic amines) is 1. The van der Waals surface area contributed by atoms with Gasteiger partial charge in [-0.05, 0) is 63.6 Å². The molecule has 2 rings (SSSR count). The van der Waals surface area contributed by atoms with Crippen LogP contribution in [-0.2, 0) is 6.54 Å². The number of nitrogens with one attached hydrogen (secondary N) is 2. The topological polar surface area (TPSA) is 39.8 Å². The lowest BCUT2D eigenvalue weighted by Gasteiger charge is -2.19. The molecule has 0 spiro atoms. The molecule has 5 heteroatoms. The van der Waals surface area contributed by atoms with E-state index in [1.54, 1.807) is 0 Å². The maximum absolute atomic E-state index is 5.85. The Morgan fingerprint density at radius 1 is 1.16 bits per heavy atom. The molecule has 1 aromatic rings.